The number of esters is 4. The molecule has 3 fully saturated rings. The van der Waals surface area contributed by atoms with Gasteiger partial charge in [-0.25, -0.2) is 13.9 Å². The van der Waals surface area contributed by atoms with Crippen LogP contribution in [-0.4, -0.2) is 238 Å². The molecule has 0 saturated carbocycles. The standard InChI is InChI=1S/C96H178N2O32P2/c1-7-13-19-25-31-35-41-47-53-59-73(122-81(106)61-55-49-43-37-33-27-21-15-9-3)65-79(104)97-85-91(126-83(108)63-71(100)57-51-45-39-29-23-17-11-5)88(111)77(124-94(85)130-132(117,118)119)69-120-93-86(98-80(105)66-74(60-54-48-42-36-32-26-20-14-8-2)123-82(107)62-56-50-44-38-34-28-22-16-10-4)92(127-84(109)64-72(101)58-52-46-40-30-24-18-12-6)90(129-131(114,115)116)78(125-93)70-121-96(95(112)113)67-75(102)87(110)89(128-96)76(103)68-99/h71-78,85-94,99-103,110-111H,7-70H2,1-6H3,(H,97,104)(H,98,105)(H,112,113)(H2,114,115,116)(H2,117,118,119)/t71-,72-,73-,74-,75-,76-,77?,78?,85?,86?,87-,88-,89?,90-,91-,92-,93-,94-,96-/m1/s1. The van der Waals surface area contributed by atoms with E-state index < -0.39 is 225 Å². The lowest BCUT2D eigenvalue weighted by atomic mass is 9.92. The zero-order chi connectivity index (χ0) is 97.4. The minimum Gasteiger partial charge on any atom is -0.477 e. The Morgan fingerprint density at radius 2 is 0.727 bits per heavy atom. The van der Waals surface area contributed by atoms with E-state index in [-0.39, 0.29) is 38.5 Å². The Morgan fingerprint density at radius 1 is 0.394 bits per heavy atom. The Labute approximate surface area is 788 Å². The van der Waals surface area contributed by atoms with Crippen molar-refractivity contribution in [3.8, 4) is 0 Å². The van der Waals surface area contributed by atoms with Gasteiger partial charge in [0.15, 0.2) is 24.8 Å². The molecule has 34 nitrogen and oxygen atoms in total. The Morgan fingerprint density at radius 3 is 1.08 bits per heavy atom. The van der Waals surface area contributed by atoms with Crippen LogP contribution in [-0.2, 0) is 94.4 Å². The molecule has 3 saturated heterocycles. The first-order valence-corrected chi connectivity index (χ1v) is 54.3. The quantitative estimate of drug-likeness (QED) is 0.0116. The smallest absolute Gasteiger partial charge is 0.472 e. The summed E-state index contributed by atoms with van der Waals surface area (Å²) in [5.74, 6) is -10.9. The van der Waals surface area contributed by atoms with E-state index in [0.29, 0.717) is 57.8 Å². The number of aliphatic hydroxyl groups is 7. The zero-order valence-electron chi connectivity index (χ0n) is 81.1. The largest absolute Gasteiger partial charge is 0.477 e. The molecule has 3 heterocycles. The molecule has 774 valence electrons. The molecule has 0 bridgehead atoms. The third kappa shape index (κ3) is 55.1. The van der Waals surface area contributed by atoms with Crippen molar-refractivity contribution >= 4 is 57.3 Å². The van der Waals surface area contributed by atoms with Crippen molar-refractivity contribution in [1.29, 1.82) is 0 Å². The van der Waals surface area contributed by atoms with Crippen LogP contribution in [0.2, 0.25) is 0 Å². The zero-order valence-corrected chi connectivity index (χ0v) is 82.9. The fourth-order valence-corrected chi connectivity index (χ4v) is 18.4. The number of phosphoric acid groups is 2. The topological polar surface area (TPSA) is 522 Å². The van der Waals surface area contributed by atoms with Crippen LogP contribution >= 0.6 is 15.6 Å². The molecular weight excluding hydrogens is 1750 g/mol. The van der Waals surface area contributed by atoms with Crippen molar-refractivity contribution in [2.75, 3.05) is 19.8 Å². The van der Waals surface area contributed by atoms with Gasteiger partial charge in [0.2, 0.25) is 11.8 Å². The fourth-order valence-electron chi connectivity index (χ4n) is 17.4. The van der Waals surface area contributed by atoms with Crippen LogP contribution in [0.1, 0.15) is 433 Å². The fraction of sp³-hybridized carbons (Fsp3) is 0.927. The molecule has 0 radical (unpaired) electrons. The third-order valence-corrected chi connectivity index (χ3v) is 26.1. The minimum absolute atomic E-state index is 0.00230. The van der Waals surface area contributed by atoms with E-state index in [1.54, 1.807) is 0 Å². The number of phosphoric ester groups is 2. The van der Waals surface area contributed by atoms with Gasteiger partial charge in [-0.05, 0) is 51.4 Å². The molecule has 3 aliphatic heterocycles. The number of hydrogen-bond donors (Lipinski definition) is 14. The highest BCUT2D eigenvalue weighted by Crippen LogP contribution is 2.45. The second-order valence-electron chi connectivity index (χ2n) is 37.2. The number of carboxylic acid groups (broad SMARTS) is 1. The van der Waals surface area contributed by atoms with E-state index in [1.165, 1.54) is 6.42 Å². The van der Waals surface area contributed by atoms with Gasteiger partial charge in [-0.2, -0.15) is 0 Å². The summed E-state index contributed by atoms with van der Waals surface area (Å²) < 4.78 is 92.8. The maximum Gasteiger partial charge on any atom is 0.472 e. The summed E-state index contributed by atoms with van der Waals surface area (Å²) in [5.41, 5.74) is 0. The lowest BCUT2D eigenvalue weighted by molar-refractivity contribution is -0.340. The van der Waals surface area contributed by atoms with Crippen LogP contribution in [0.25, 0.3) is 0 Å². The molecule has 0 aliphatic carbocycles. The van der Waals surface area contributed by atoms with Crippen molar-refractivity contribution in [1.82, 2.24) is 10.6 Å². The highest BCUT2D eigenvalue weighted by atomic mass is 31.2. The highest BCUT2D eigenvalue weighted by molar-refractivity contribution is 7.46. The maximum absolute atomic E-state index is 15.4. The number of ether oxygens (including phenoxy) is 9. The van der Waals surface area contributed by atoms with Gasteiger partial charge < -0.3 is 114 Å². The van der Waals surface area contributed by atoms with Gasteiger partial charge in [0.1, 0.15) is 67.0 Å². The molecule has 3 aliphatic rings. The second-order valence-corrected chi connectivity index (χ2v) is 39.6. The van der Waals surface area contributed by atoms with Gasteiger partial charge in [-0.3, -0.25) is 37.8 Å². The summed E-state index contributed by atoms with van der Waals surface area (Å²) in [6.07, 6.45) is 11.0. The predicted octanol–water partition coefficient (Wildman–Crippen LogP) is 15.9. The summed E-state index contributed by atoms with van der Waals surface area (Å²) in [4.78, 5) is 144. The number of rotatable bonds is 83. The van der Waals surface area contributed by atoms with Crippen molar-refractivity contribution in [3.05, 3.63) is 0 Å². The first-order valence-electron chi connectivity index (χ1n) is 51.3. The minimum atomic E-state index is -5.99. The van der Waals surface area contributed by atoms with Gasteiger partial charge >= 0.3 is 45.5 Å². The van der Waals surface area contributed by atoms with E-state index in [1.807, 2.05) is 0 Å². The molecule has 3 rings (SSSR count). The van der Waals surface area contributed by atoms with Crippen LogP contribution in [0.5, 0.6) is 0 Å². The number of unbranched alkanes of at least 4 members (excludes halogenated alkanes) is 44. The van der Waals surface area contributed by atoms with Gasteiger partial charge in [0, 0.05) is 19.3 Å². The summed E-state index contributed by atoms with van der Waals surface area (Å²) in [6, 6.07) is -4.24. The summed E-state index contributed by atoms with van der Waals surface area (Å²) >= 11 is 0. The Bertz CT molecular complexity index is 3120. The van der Waals surface area contributed by atoms with E-state index >= 15 is 4.79 Å². The first kappa shape index (κ1) is 122. The van der Waals surface area contributed by atoms with Crippen molar-refractivity contribution in [2.45, 2.75) is 549 Å². The Hall–Kier alpha value is -3.97. The molecule has 132 heavy (non-hydrogen) atoms. The predicted molar refractivity (Wildman–Crippen MR) is 497 cm³/mol. The third-order valence-electron chi connectivity index (χ3n) is 25.1. The Kier molecular flexibility index (Phi) is 67.8. The van der Waals surface area contributed by atoms with Crippen LogP contribution in [0.4, 0.5) is 0 Å². The molecule has 0 aromatic rings. The molecule has 0 aromatic heterocycles. The molecule has 14 N–H and O–H groups in total. The average molecular weight is 1930 g/mol. The Balaban J connectivity index is 2.38. The van der Waals surface area contributed by atoms with Gasteiger partial charge in [0.05, 0.1) is 63.8 Å². The SMILES string of the molecule is CCCCCCCCCCCC(=O)O[C@H](CCCCCCCCCCC)CC(=O)NC1[C@@H](OP(=O)(O)O)OC(CO[C@@H]2OC(CO[C@]3(C(=O)O)C[C@@H](O)[C@@H](O)C([C@H](O)CO)O3)[C@@H](OP(=O)(O)O)[C@H](OC(=O)C[C@H](O)CCCCCCCCC)C2NC(=O)C[C@@H](CCCCCCCCCCC)OC(=O)CCCCCCCCCCC)[C@@H](O)[C@@H]1OC(=O)C[C@H](O)CCCCCCCCC. The van der Waals surface area contributed by atoms with E-state index in [0.717, 1.165) is 257 Å². The highest BCUT2D eigenvalue weighted by Gasteiger charge is 2.59. The van der Waals surface area contributed by atoms with E-state index in [9.17, 15) is 98.3 Å². The molecular formula is C96H178N2O32P2. The van der Waals surface area contributed by atoms with E-state index in [2.05, 4.69) is 52.2 Å². The molecule has 19 atom stereocenters. The van der Waals surface area contributed by atoms with Crippen LogP contribution in [0.15, 0.2) is 0 Å². The summed E-state index contributed by atoms with van der Waals surface area (Å²) in [6.45, 7) is 9.04. The number of carboxylic acids is 1. The summed E-state index contributed by atoms with van der Waals surface area (Å²) in [7, 11) is -11.8. The number of nitrogens with one attached hydrogen (secondary N) is 2. The molecule has 0 spiro atoms. The van der Waals surface area contributed by atoms with Gasteiger partial charge in [-0.15, -0.1) is 0 Å². The van der Waals surface area contributed by atoms with Gasteiger partial charge in [0.25, 0.3) is 5.79 Å². The van der Waals surface area contributed by atoms with Crippen LogP contribution in [0.3, 0.4) is 0 Å². The summed E-state index contributed by atoms with van der Waals surface area (Å²) in [5, 5.41) is 95.0. The van der Waals surface area contributed by atoms with Crippen molar-refractivity contribution in [3.63, 3.8) is 0 Å². The number of carbonyl (C=O) groups excluding carboxylic acids is 6. The number of carbonyl (C=O) groups is 7. The maximum atomic E-state index is 15.4. The lowest BCUT2D eigenvalue weighted by Crippen LogP contribution is -2.68. The van der Waals surface area contributed by atoms with Crippen LogP contribution in [0, 0.1) is 0 Å². The van der Waals surface area contributed by atoms with Crippen molar-refractivity contribution < 1.29 is 155 Å². The van der Waals surface area contributed by atoms with Crippen LogP contribution < -0.4 is 10.6 Å². The van der Waals surface area contributed by atoms with E-state index in [4.69, 9.17) is 51.7 Å². The average Bonchev–Trinajstić information content (AvgIpc) is 0.769. The monoisotopic (exact) mass is 1930 g/mol. The van der Waals surface area contributed by atoms with Gasteiger partial charge in [-0.1, -0.05) is 337 Å². The van der Waals surface area contributed by atoms with Crippen molar-refractivity contribution in [2.24, 2.45) is 0 Å². The molecule has 2 amide bonds. The number of aliphatic carboxylic acids is 1. The first-order chi connectivity index (χ1) is 63.3. The second kappa shape index (κ2) is 73.2. The molecule has 0 aromatic carbocycles. The molecule has 36 heteroatoms. The molecule has 5 unspecified atom stereocenters. The number of amides is 2. The lowest BCUT2D eigenvalue weighted by Gasteiger charge is -2.48. The number of hydrogen-bond acceptors (Lipinski definition) is 27. The number of aliphatic hydroxyl groups excluding tert-OH is 7. The normalized spacial score (nSPS) is 23.5.